The fraction of sp³-hybridized carbons (Fsp3) is 0.714. The first kappa shape index (κ1) is 14.3. The van der Waals surface area contributed by atoms with Gasteiger partial charge >= 0.3 is 0 Å². The third kappa shape index (κ3) is 2.40. The molecule has 9 nitrogen and oxygen atoms in total. The first-order valence-electron chi connectivity index (χ1n) is 8.00. The van der Waals surface area contributed by atoms with Crippen LogP contribution >= 0.6 is 0 Å². The van der Waals surface area contributed by atoms with Crippen molar-refractivity contribution in [3.05, 3.63) is 6.33 Å². The third-order valence-corrected chi connectivity index (χ3v) is 5.14. The Hall–Kier alpha value is -2.32. The minimum absolute atomic E-state index is 0.00215. The molecule has 1 aromatic rings. The highest BCUT2D eigenvalue weighted by molar-refractivity contribution is 6.02. The van der Waals surface area contributed by atoms with Crippen LogP contribution in [0, 0.1) is 0 Å². The summed E-state index contributed by atoms with van der Waals surface area (Å²) in [5.41, 5.74) is 0. The van der Waals surface area contributed by atoms with Crippen molar-refractivity contribution in [2.45, 2.75) is 63.2 Å². The number of nitrogens with zero attached hydrogens (tertiary/aromatic N) is 6. The zero-order chi connectivity index (χ0) is 16.0. The van der Waals surface area contributed by atoms with Crippen LogP contribution in [0.15, 0.2) is 6.33 Å². The van der Waals surface area contributed by atoms with E-state index in [4.69, 9.17) is 0 Å². The Morgan fingerprint density at radius 2 is 1.74 bits per heavy atom. The molecule has 0 radical (unpaired) electrons. The molecule has 1 aromatic heterocycles. The summed E-state index contributed by atoms with van der Waals surface area (Å²) in [7, 11) is 0. The van der Waals surface area contributed by atoms with Crippen molar-refractivity contribution in [1.82, 2.24) is 30.0 Å². The van der Waals surface area contributed by atoms with Gasteiger partial charge in [-0.15, -0.1) is 5.10 Å². The molecule has 122 valence electrons. The number of amides is 3. The van der Waals surface area contributed by atoms with E-state index in [9.17, 15) is 14.4 Å². The number of piperidine rings is 1. The summed E-state index contributed by atoms with van der Waals surface area (Å²) in [6.07, 6.45) is 5.31. The summed E-state index contributed by atoms with van der Waals surface area (Å²) in [4.78, 5) is 39.8. The molecule has 2 atom stereocenters. The molecule has 2 bridgehead atoms. The minimum Gasteiger partial charge on any atom is -0.335 e. The second-order valence-corrected chi connectivity index (χ2v) is 6.48. The van der Waals surface area contributed by atoms with Gasteiger partial charge in [0.15, 0.2) is 0 Å². The van der Waals surface area contributed by atoms with Crippen LogP contribution in [0.1, 0.15) is 38.5 Å². The molecule has 0 saturated carbocycles. The Morgan fingerprint density at radius 1 is 1.09 bits per heavy atom. The lowest BCUT2D eigenvalue weighted by Gasteiger charge is -2.41. The number of rotatable bonds is 3. The van der Waals surface area contributed by atoms with Gasteiger partial charge in [0, 0.05) is 31.0 Å². The number of hydrogen-bond acceptors (Lipinski definition) is 6. The predicted molar refractivity (Wildman–Crippen MR) is 75.6 cm³/mol. The van der Waals surface area contributed by atoms with Gasteiger partial charge in [-0.05, 0) is 36.1 Å². The van der Waals surface area contributed by atoms with E-state index in [1.54, 1.807) is 0 Å². The molecule has 3 aliphatic heterocycles. The van der Waals surface area contributed by atoms with Crippen LogP contribution in [-0.4, -0.2) is 65.9 Å². The maximum atomic E-state index is 12.5. The summed E-state index contributed by atoms with van der Waals surface area (Å²) in [5, 5.41) is 10.8. The van der Waals surface area contributed by atoms with E-state index in [0.29, 0.717) is 25.7 Å². The van der Waals surface area contributed by atoms with E-state index >= 15 is 0 Å². The van der Waals surface area contributed by atoms with Gasteiger partial charge in [-0.25, -0.2) is 4.68 Å². The number of carbonyl (C=O) groups is 3. The molecular weight excluding hydrogens is 300 g/mol. The van der Waals surface area contributed by atoms with E-state index in [1.165, 1.54) is 15.9 Å². The first-order valence-corrected chi connectivity index (χ1v) is 8.00. The second-order valence-electron chi connectivity index (χ2n) is 6.48. The average molecular weight is 318 g/mol. The van der Waals surface area contributed by atoms with Gasteiger partial charge in [0.1, 0.15) is 12.9 Å². The van der Waals surface area contributed by atoms with Gasteiger partial charge in [-0.3, -0.25) is 19.3 Å². The largest absolute Gasteiger partial charge is 0.335 e. The fourth-order valence-corrected chi connectivity index (χ4v) is 4.24. The molecule has 9 heteroatoms. The van der Waals surface area contributed by atoms with Crippen LogP contribution in [-0.2, 0) is 20.9 Å². The van der Waals surface area contributed by atoms with Crippen LogP contribution in [0.4, 0.5) is 0 Å². The minimum atomic E-state index is -0.0622. The van der Waals surface area contributed by atoms with E-state index in [2.05, 4.69) is 15.5 Å². The smallest absolute Gasteiger partial charge is 0.244 e. The Bertz CT molecular complexity index is 615. The Morgan fingerprint density at radius 3 is 2.30 bits per heavy atom. The number of likely N-dealkylation sites (tertiary alicyclic amines) is 1. The molecule has 0 aliphatic carbocycles. The van der Waals surface area contributed by atoms with Crippen molar-refractivity contribution in [3.63, 3.8) is 0 Å². The van der Waals surface area contributed by atoms with Crippen molar-refractivity contribution < 1.29 is 14.4 Å². The van der Waals surface area contributed by atoms with Gasteiger partial charge in [0.05, 0.1) is 0 Å². The Kier molecular flexibility index (Phi) is 3.35. The maximum Gasteiger partial charge on any atom is 0.244 e. The molecule has 0 spiro atoms. The van der Waals surface area contributed by atoms with Crippen LogP contribution < -0.4 is 0 Å². The Labute approximate surface area is 132 Å². The maximum absolute atomic E-state index is 12.5. The average Bonchev–Trinajstić information content (AvgIpc) is 3.20. The quantitative estimate of drug-likeness (QED) is 0.686. The molecule has 23 heavy (non-hydrogen) atoms. The highest BCUT2D eigenvalue weighted by atomic mass is 16.2. The summed E-state index contributed by atoms with van der Waals surface area (Å²) in [6.45, 7) is 0.131. The lowest BCUT2D eigenvalue weighted by molar-refractivity contribution is -0.144. The van der Waals surface area contributed by atoms with Crippen molar-refractivity contribution in [3.8, 4) is 0 Å². The van der Waals surface area contributed by atoms with Gasteiger partial charge in [0.25, 0.3) is 0 Å². The van der Waals surface area contributed by atoms with Gasteiger partial charge in [-0.1, -0.05) is 0 Å². The van der Waals surface area contributed by atoms with Crippen molar-refractivity contribution in [2.75, 3.05) is 0 Å². The monoisotopic (exact) mass is 318 g/mol. The standard InChI is InChI=1S/C14H18N6O3/c21-12-3-4-13(22)20(12)11-5-9-1-2-10(6-11)19(9)14(23)7-18-8-15-16-17-18/h8-11H,1-7H2. The molecule has 3 fully saturated rings. The van der Waals surface area contributed by atoms with E-state index in [0.717, 1.165) is 12.8 Å². The zero-order valence-electron chi connectivity index (χ0n) is 12.7. The second kappa shape index (κ2) is 5.39. The molecular formula is C14H18N6O3. The lowest BCUT2D eigenvalue weighted by atomic mass is 9.96. The van der Waals surface area contributed by atoms with Gasteiger partial charge in [-0.2, -0.15) is 0 Å². The molecule has 3 aliphatic rings. The predicted octanol–water partition coefficient (Wildman–Crippen LogP) is -0.656. The molecule has 0 N–H and O–H groups in total. The number of hydrogen-bond donors (Lipinski definition) is 0. The number of fused-ring (bicyclic) bond motifs is 2. The molecule has 0 aromatic carbocycles. The zero-order valence-corrected chi connectivity index (χ0v) is 12.7. The van der Waals surface area contributed by atoms with E-state index in [1.807, 2.05) is 4.90 Å². The lowest BCUT2D eigenvalue weighted by Crippen LogP contribution is -2.54. The SMILES string of the molecule is O=C1CCC(=O)N1C1CC2CCC(C1)N2C(=O)Cn1cnnn1. The topological polar surface area (TPSA) is 101 Å². The van der Waals surface area contributed by atoms with Crippen LogP contribution in [0.2, 0.25) is 0 Å². The first-order chi connectivity index (χ1) is 11.1. The van der Waals surface area contributed by atoms with E-state index < -0.39 is 0 Å². The molecule has 4 heterocycles. The van der Waals surface area contributed by atoms with Gasteiger partial charge < -0.3 is 4.90 Å². The number of carbonyl (C=O) groups excluding carboxylic acids is 3. The number of aromatic nitrogens is 4. The summed E-state index contributed by atoms with van der Waals surface area (Å²) in [6, 6.07) is 0.153. The Balaban J connectivity index is 1.47. The molecule has 2 unspecified atom stereocenters. The van der Waals surface area contributed by atoms with E-state index in [-0.39, 0.29) is 42.4 Å². The van der Waals surface area contributed by atoms with Crippen LogP contribution in [0.25, 0.3) is 0 Å². The van der Waals surface area contributed by atoms with Crippen LogP contribution in [0.3, 0.4) is 0 Å². The molecule has 3 saturated heterocycles. The van der Waals surface area contributed by atoms with Crippen molar-refractivity contribution in [2.24, 2.45) is 0 Å². The number of tetrazole rings is 1. The highest BCUT2D eigenvalue weighted by Gasteiger charge is 2.47. The third-order valence-electron chi connectivity index (χ3n) is 5.14. The summed E-state index contributed by atoms with van der Waals surface area (Å²) >= 11 is 0. The molecule has 3 amide bonds. The summed E-state index contributed by atoms with van der Waals surface area (Å²) < 4.78 is 1.42. The number of imide groups is 1. The summed E-state index contributed by atoms with van der Waals surface area (Å²) in [5.74, 6) is -0.122. The van der Waals surface area contributed by atoms with Gasteiger partial charge in [0.2, 0.25) is 17.7 Å². The normalized spacial score (nSPS) is 30.3. The van der Waals surface area contributed by atoms with Crippen molar-refractivity contribution >= 4 is 17.7 Å². The van der Waals surface area contributed by atoms with Crippen molar-refractivity contribution in [1.29, 1.82) is 0 Å². The molecule has 4 rings (SSSR count). The van der Waals surface area contributed by atoms with Crippen LogP contribution in [0.5, 0.6) is 0 Å². The highest BCUT2D eigenvalue weighted by Crippen LogP contribution is 2.39. The fourth-order valence-electron chi connectivity index (χ4n) is 4.24.